The van der Waals surface area contributed by atoms with Crippen LogP contribution in [0.3, 0.4) is 0 Å². The number of furan rings is 1. The average molecular weight is 439 g/mol. The fourth-order valence-corrected chi connectivity index (χ4v) is 4.85. The van der Waals surface area contributed by atoms with E-state index in [-0.39, 0.29) is 11.7 Å². The number of carbonyl (C=O) groups is 2. The molecule has 0 atom stereocenters. The Morgan fingerprint density at radius 1 is 1.13 bits per heavy atom. The summed E-state index contributed by atoms with van der Waals surface area (Å²) in [6.45, 7) is 1.91. The van der Waals surface area contributed by atoms with Crippen LogP contribution in [-0.2, 0) is 5.75 Å². The van der Waals surface area contributed by atoms with E-state index in [9.17, 15) is 9.59 Å². The van der Waals surface area contributed by atoms with E-state index in [1.807, 2.05) is 31.2 Å². The number of aromatic nitrogens is 2. The van der Waals surface area contributed by atoms with Crippen LogP contribution in [0.25, 0.3) is 11.0 Å². The Bertz CT molecular complexity index is 1230. The molecule has 152 valence electrons. The van der Waals surface area contributed by atoms with Gasteiger partial charge in [-0.2, -0.15) is 0 Å². The second-order valence-corrected chi connectivity index (χ2v) is 8.96. The maximum atomic E-state index is 13.3. The van der Waals surface area contributed by atoms with Crippen molar-refractivity contribution in [2.24, 2.45) is 5.73 Å². The van der Waals surface area contributed by atoms with Gasteiger partial charge in [0.05, 0.1) is 0 Å². The molecule has 7 nitrogen and oxygen atoms in total. The van der Waals surface area contributed by atoms with E-state index < -0.39 is 5.91 Å². The Kier molecular flexibility index (Phi) is 5.56. The lowest BCUT2D eigenvalue weighted by molar-refractivity contribution is 0.0966. The van der Waals surface area contributed by atoms with Crippen LogP contribution >= 0.6 is 23.1 Å². The van der Waals surface area contributed by atoms with Crippen LogP contribution in [0.2, 0.25) is 0 Å². The first kappa shape index (κ1) is 20.1. The van der Waals surface area contributed by atoms with Crippen LogP contribution in [0.1, 0.15) is 31.5 Å². The Balaban J connectivity index is 1.66. The Morgan fingerprint density at radius 3 is 2.53 bits per heavy atom. The minimum atomic E-state index is -0.515. The molecule has 0 spiro atoms. The number of nitrogens with zero attached hydrogens (tertiary/aromatic N) is 3. The van der Waals surface area contributed by atoms with Crippen LogP contribution in [-0.4, -0.2) is 29.1 Å². The summed E-state index contributed by atoms with van der Waals surface area (Å²) < 4.78 is 6.79. The highest BCUT2D eigenvalue weighted by molar-refractivity contribution is 8.00. The Hall–Kier alpha value is -3.17. The van der Waals surface area contributed by atoms with Crippen molar-refractivity contribution in [2.75, 3.05) is 11.9 Å². The molecule has 2 aromatic heterocycles. The summed E-state index contributed by atoms with van der Waals surface area (Å²) in [5.74, 6) is 0.0220. The molecule has 2 N–H and O–H groups in total. The van der Waals surface area contributed by atoms with Gasteiger partial charge in [0.25, 0.3) is 5.91 Å². The molecule has 4 aromatic rings. The third kappa shape index (κ3) is 3.94. The maximum Gasteiger partial charge on any atom is 0.294 e. The van der Waals surface area contributed by atoms with Gasteiger partial charge in [0.15, 0.2) is 10.1 Å². The lowest BCUT2D eigenvalue weighted by atomic mass is 10.1. The minimum Gasteiger partial charge on any atom is -0.451 e. The number of anilines is 1. The first-order valence-electron chi connectivity index (χ1n) is 9.05. The zero-order valence-corrected chi connectivity index (χ0v) is 17.9. The molecular formula is C21H18N4O3S2. The molecule has 9 heteroatoms. The predicted molar refractivity (Wildman–Crippen MR) is 118 cm³/mol. The Labute approximate surface area is 180 Å². The van der Waals surface area contributed by atoms with Gasteiger partial charge in [-0.15, -0.1) is 10.2 Å². The minimum absolute atomic E-state index is 0.276. The lowest BCUT2D eigenvalue weighted by Crippen LogP contribution is -2.26. The smallest absolute Gasteiger partial charge is 0.294 e. The highest BCUT2D eigenvalue weighted by Gasteiger charge is 2.24. The van der Waals surface area contributed by atoms with Crippen LogP contribution in [0, 0.1) is 6.92 Å². The van der Waals surface area contributed by atoms with Gasteiger partial charge >= 0.3 is 0 Å². The van der Waals surface area contributed by atoms with Gasteiger partial charge in [-0.3, -0.25) is 9.59 Å². The lowest BCUT2D eigenvalue weighted by Gasteiger charge is -2.17. The number of primary amides is 1. The van der Waals surface area contributed by atoms with Gasteiger partial charge in [0.2, 0.25) is 5.91 Å². The molecule has 0 saturated carbocycles. The van der Waals surface area contributed by atoms with Crippen molar-refractivity contribution in [3.8, 4) is 0 Å². The molecule has 2 aromatic carbocycles. The highest BCUT2D eigenvalue weighted by atomic mass is 32.2. The van der Waals surface area contributed by atoms with Crippen molar-refractivity contribution in [3.05, 3.63) is 70.4 Å². The number of benzene rings is 2. The first-order chi connectivity index (χ1) is 14.4. The fraction of sp³-hybridized carbons (Fsp3) is 0.143. The summed E-state index contributed by atoms with van der Waals surface area (Å²) in [6, 6.07) is 14.1. The second kappa shape index (κ2) is 8.29. The number of hydrogen-bond acceptors (Lipinski definition) is 7. The van der Waals surface area contributed by atoms with Crippen molar-refractivity contribution in [1.29, 1.82) is 0 Å². The fourth-order valence-electron chi connectivity index (χ4n) is 3.00. The molecule has 0 aliphatic rings. The Morgan fingerprint density at radius 2 is 1.87 bits per heavy atom. The number of para-hydroxylation sites is 1. The maximum absolute atomic E-state index is 13.3. The van der Waals surface area contributed by atoms with Crippen molar-refractivity contribution in [1.82, 2.24) is 10.2 Å². The molecule has 30 heavy (non-hydrogen) atoms. The van der Waals surface area contributed by atoms with Crippen molar-refractivity contribution in [3.63, 3.8) is 0 Å². The van der Waals surface area contributed by atoms with E-state index >= 15 is 0 Å². The number of hydrogen-bond donors (Lipinski definition) is 1. The summed E-state index contributed by atoms with van der Waals surface area (Å²) in [4.78, 5) is 26.1. The standard InChI is InChI=1S/C21H18N4O3S2/c1-12-23-24-21(30-12)29-11-16-15-5-3-4-6-17(15)28-18(16)20(27)25(2)14-9-7-13(8-10-14)19(22)26/h3-10H,11H2,1-2H3,(H2,22,26). The normalized spacial score (nSPS) is 11.0. The number of amides is 2. The van der Waals surface area contributed by atoms with Crippen LogP contribution < -0.4 is 10.6 Å². The van der Waals surface area contributed by atoms with E-state index in [2.05, 4.69) is 10.2 Å². The van der Waals surface area contributed by atoms with Crippen LogP contribution in [0.15, 0.2) is 57.3 Å². The molecule has 0 radical (unpaired) electrons. The van der Waals surface area contributed by atoms with Gasteiger partial charge in [-0.1, -0.05) is 41.3 Å². The molecule has 0 aliphatic carbocycles. The third-order valence-corrected chi connectivity index (χ3v) is 6.58. The van der Waals surface area contributed by atoms with Crippen molar-refractivity contribution >= 4 is 51.6 Å². The number of nitrogens with two attached hydrogens (primary N) is 1. The molecule has 4 rings (SSSR count). The quantitative estimate of drug-likeness (QED) is 0.451. The summed E-state index contributed by atoms with van der Waals surface area (Å²) in [5.41, 5.74) is 7.77. The number of aryl methyl sites for hydroxylation is 1. The van der Waals surface area contributed by atoms with Gasteiger partial charge in [0, 0.05) is 35.0 Å². The molecule has 0 fully saturated rings. The van der Waals surface area contributed by atoms with Gasteiger partial charge in [-0.25, -0.2) is 0 Å². The first-order valence-corrected chi connectivity index (χ1v) is 10.9. The van der Waals surface area contributed by atoms with E-state index in [0.29, 0.717) is 22.6 Å². The van der Waals surface area contributed by atoms with Crippen LogP contribution in [0.5, 0.6) is 0 Å². The van der Waals surface area contributed by atoms with Crippen molar-refractivity contribution in [2.45, 2.75) is 17.0 Å². The zero-order valence-electron chi connectivity index (χ0n) is 16.3. The van der Waals surface area contributed by atoms with Gasteiger partial charge < -0.3 is 15.1 Å². The van der Waals surface area contributed by atoms with Crippen LogP contribution in [0.4, 0.5) is 5.69 Å². The second-order valence-electron chi connectivity index (χ2n) is 6.56. The summed E-state index contributed by atoms with van der Waals surface area (Å²) in [6.07, 6.45) is 0. The zero-order chi connectivity index (χ0) is 21.3. The topological polar surface area (TPSA) is 102 Å². The van der Waals surface area contributed by atoms with Crippen molar-refractivity contribution < 1.29 is 14.0 Å². The molecule has 0 unspecified atom stereocenters. The van der Waals surface area contributed by atoms with E-state index in [1.165, 1.54) is 28.0 Å². The molecular weight excluding hydrogens is 420 g/mol. The molecule has 0 bridgehead atoms. The largest absolute Gasteiger partial charge is 0.451 e. The summed E-state index contributed by atoms with van der Waals surface area (Å²) in [7, 11) is 1.67. The number of carbonyl (C=O) groups excluding carboxylic acids is 2. The molecule has 0 aliphatic heterocycles. The average Bonchev–Trinajstić information content (AvgIpc) is 3.34. The van der Waals surface area contributed by atoms with E-state index in [0.717, 1.165) is 20.3 Å². The summed E-state index contributed by atoms with van der Waals surface area (Å²) >= 11 is 3.03. The molecule has 2 amide bonds. The third-order valence-electron chi connectivity index (χ3n) is 4.58. The van der Waals surface area contributed by atoms with E-state index in [4.69, 9.17) is 10.2 Å². The summed E-state index contributed by atoms with van der Waals surface area (Å²) in [5, 5.41) is 9.97. The number of rotatable bonds is 6. The SMILES string of the molecule is Cc1nnc(SCc2c(C(=O)N(C)c3ccc(C(N)=O)cc3)oc3ccccc23)s1. The van der Waals surface area contributed by atoms with Gasteiger partial charge in [0.1, 0.15) is 10.6 Å². The van der Waals surface area contributed by atoms with E-state index in [1.54, 1.807) is 31.3 Å². The number of fused-ring (bicyclic) bond motifs is 1. The monoisotopic (exact) mass is 438 g/mol. The molecule has 2 heterocycles. The highest BCUT2D eigenvalue weighted by Crippen LogP contribution is 2.34. The number of thioether (sulfide) groups is 1. The molecule has 0 saturated heterocycles. The predicted octanol–water partition coefficient (Wildman–Crippen LogP) is 4.26. The van der Waals surface area contributed by atoms with Gasteiger partial charge in [-0.05, 0) is 37.3 Å².